The van der Waals surface area contributed by atoms with Crippen LogP contribution in [0.5, 0.6) is 0 Å². The molecule has 2 heterocycles. The lowest BCUT2D eigenvalue weighted by molar-refractivity contribution is 0.399. The second-order valence-corrected chi connectivity index (χ2v) is 6.24. The summed E-state index contributed by atoms with van der Waals surface area (Å²) < 4.78 is 0. The number of halogens is 1. The molecule has 0 saturated carbocycles. The van der Waals surface area contributed by atoms with E-state index in [0.29, 0.717) is 10.9 Å². The van der Waals surface area contributed by atoms with Crippen LogP contribution in [0, 0.1) is 5.92 Å². The lowest BCUT2D eigenvalue weighted by Crippen LogP contribution is -2.20. The highest BCUT2D eigenvalue weighted by atomic mass is 35.5. The number of likely N-dealkylation sites (tertiary alicyclic amines) is 1. The molecule has 1 unspecified atom stereocenters. The Morgan fingerprint density at radius 3 is 3.05 bits per heavy atom. The van der Waals surface area contributed by atoms with E-state index in [1.807, 2.05) is 24.3 Å². The molecule has 3 N–H and O–H groups in total. The van der Waals surface area contributed by atoms with Crippen molar-refractivity contribution in [2.24, 2.45) is 5.92 Å². The van der Waals surface area contributed by atoms with E-state index >= 15 is 0 Å². The van der Waals surface area contributed by atoms with Gasteiger partial charge in [0.1, 0.15) is 5.82 Å². The molecule has 116 valence electrons. The number of nitrogens with two attached hydrogens (primary N) is 1. The maximum atomic E-state index is 6.08. The monoisotopic (exact) mass is 317 g/mol. The van der Waals surface area contributed by atoms with Gasteiger partial charge >= 0.3 is 0 Å². The van der Waals surface area contributed by atoms with Crippen LogP contribution in [-0.4, -0.2) is 41.5 Å². The molecule has 0 amide bonds. The van der Waals surface area contributed by atoms with E-state index in [4.69, 9.17) is 17.3 Å². The van der Waals surface area contributed by atoms with Crippen LogP contribution in [0.3, 0.4) is 0 Å². The first kappa shape index (κ1) is 15.1. The van der Waals surface area contributed by atoms with Crippen LogP contribution in [-0.2, 0) is 0 Å². The summed E-state index contributed by atoms with van der Waals surface area (Å²) in [5.74, 6) is 1.68. The Bertz CT molecular complexity index is 661. The van der Waals surface area contributed by atoms with Crippen LogP contribution in [0.2, 0.25) is 5.02 Å². The first-order chi connectivity index (χ1) is 10.6. The predicted octanol–water partition coefficient (Wildman–Crippen LogP) is 2.74. The second kappa shape index (κ2) is 6.50. The second-order valence-electron chi connectivity index (χ2n) is 5.80. The van der Waals surface area contributed by atoms with E-state index < -0.39 is 0 Å². The highest BCUT2D eigenvalue weighted by molar-refractivity contribution is 6.30. The largest absolute Gasteiger partial charge is 0.369 e. The third-order valence-electron chi connectivity index (χ3n) is 3.99. The molecule has 0 bridgehead atoms. The van der Waals surface area contributed by atoms with Gasteiger partial charge in [-0.05, 0) is 43.6 Å². The van der Waals surface area contributed by atoms with E-state index in [2.05, 4.69) is 27.2 Å². The van der Waals surface area contributed by atoms with Crippen molar-refractivity contribution in [3.63, 3.8) is 0 Å². The van der Waals surface area contributed by atoms with E-state index in [0.717, 1.165) is 36.6 Å². The fraction of sp³-hybridized carbons (Fsp3) is 0.375. The molecule has 1 aromatic carbocycles. The van der Waals surface area contributed by atoms with Crippen molar-refractivity contribution in [3.05, 3.63) is 35.5 Å². The number of nitrogens with zero attached hydrogens (tertiary/aromatic N) is 3. The summed E-state index contributed by atoms with van der Waals surface area (Å²) in [6, 6.07) is 7.68. The molecule has 3 rings (SSSR count). The molecule has 1 saturated heterocycles. The van der Waals surface area contributed by atoms with Gasteiger partial charge in [-0.1, -0.05) is 23.7 Å². The summed E-state index contributed by atoms with van der Waals surface area (Å²) in [6.45, 7) is 3.15. The average Bonchev–Trinajstić information content (AvgIpc) is 2.91. The SMILES string of the molecule is CN1CCC(CNc2nc(N)ncc2-c2cccc(Cl)c2)C1. The van der Waals surface area contributed by atoms with Gasteiger partial charge in [0.15, 0.2) is 0 Å². The molecular formula is C16H20ClN5. The minimum atomic E-state index is 0.275. The molecule has 2 aromatic rings. The summed E-state index contributed by atoms with van der Waals surface area (Å²) in [6.07, 6.45) is 2.95. The Labute approximate surface area is 135 Å². The van der Waals surface area contributed by atoms with Crippen molar-refractivity contribution in [1.29, 1.82) is 0 Å². The molecule has 6 heteroatoms. The minimum Gasteiger partial charge on any atom is -0.369 e. The van der Waals surface area contributed by atoms with Crippen molar-refractivity contribution in [2.45, 2.75) is 6.42 Å². The van der Waals surface area contributed by atoms with Gasteiger partial charge in [-0.15, -0.1) is 0 Å². The van der Waals surface area contributed by atoms with Crippen LogP contribution in [0.25, 0.3) is 11.1 Å². The third kappa shape index (κ3) is 3.48. The fourth-order valence-electron chi connectivity index (χ4n) is 2.83. The maximum absolute atomic E-state index is 6.08. The normalized spacial score (nSPS) is 18.5. The van der Waals surface area contributed by atoms with Crippen LogP contribution >= 0.6 is 11.6 Å². The quantitative estimate of drug-likeness (QED) is 0.907. The highest BCUT2D eigenvalue weighted by Crippen LogP contribution is 2.28. The number of nitrogen functional groups attached to an aromatic ring is 1. The van der Waals surface area contributed by atoms with E-state index in [9.17, 15) is 0 Å². The van der Waals surface area contributed by atoms with Crippen molar-refractivity contribution >= 4 is 23.4 Å². The topological polar surface area (TPSA) is 67.1 Å². The van der Waals surface area contributed by atoms with Gasteiger partial charge in [0.2, 0.25) is 5.95 Å². The highest BCUT2D eigenvalue weighted by Gasteiger charge is 2.20. The standard InChI is InChI=1S/C16H20ClN5/c1-22-6-5-11(10-22)8-19-15-14(9-20-16(18)21-15)12-3-2-4-13(17)7-12/h2-4,7,9,11H,5-6,8,10H2,1H3,(H3,18,19,20,21). The molecular weight excluding hydrogens is 298 g/mol. The molecule has 1 fully saturated rings. The molecule has 1 aliphatic heterocycles. The molecule has 0 radical (unpaired) electrons. The summed E-state index contributed by atoms with van der Waals surface area (Å²) in [7, 11) is 2.15. The van der Waals surface area contributed by atoms with Crippen LogP contribution in [0.1, 0.15) is 6.42 Å². The van der Waals surface area contributed by atoms with Crippen LogP contribution in [0.15, 0.2) is 30.5 Å². The number of anilines is 2. The fourth-order valence-corrected chi connectivity index (χ4v) is 3.02. The molecule has 1 atom stereocenters. The van der Waals surface area contributed by atoms with Crippen molar-refractivity contribution < 1.29 is 0 Å². The predicted molar refractivity (Wildman–Crippen MR) is 91.0 cm³/mol. The van der Waals surface area contributed by atoms with Crippen molar-refractivity contribution in [3.8, 4) is 11.1 Å². The van der Waals surface area contributed by atoms with E-state index in [-0.39, 0.29) is 5.95 Å². The summed E-state index contributed by atoms with van der Waals surface area (Å²) >= 11 is 6.08. The Hall–Kier alpha value is -1.85. The van der Waals surface area contributed by atoms with Gasteiger partial charge in [-0.2, -0.15) is 4.98 Å². The molecule has 0 aliphatic carbocycles. The number of rotatable bonds is 4. The van der Waals surface area contributed by atoms with E-state index in [1.165, 1.54) is 6.42 Å². The Morgan fingerprint density at radius 2 is 2.32 bits per heavy atom. The third-order valence-corrected chi connectivity index (χ3v) is 4.23. The molecule has 22 heavy (non-hydrogen) atoms. The summed E-state index contributed by atoms with van der Waals surface area (Å²) in [5.41, 5.74) is 7.65. The smallest absolute Gasteiger partial charge is 0.221 e. The number of benzene rings is 1. The van der Waals surface area contributed by atoms with Gasteiger partial charge in [-0.25, -0.2) is 4.98 Å². The Morgan fingerprint density at radius 1 is 1.45 bits per heavy atom. The van der Waals surface area contributed by atoms with Crippen LogP contribution in [0.4, 0.5) is 11.8 Å². The summed E-state index contributed by atoms with van der Waals surface area (Å²) in [4.78, 5) is 10.8. The number of hydrogen-bond acceptors (Lipinski definition) is 5. The van der Waals surface area contributed by atoms with Crippen LogP contribution < -0.4 is 11.1 Å². The summed E-state index contributed by atoms with van der Waals surface area (Å²) in [5, 5.41) is 4.13. The van der Waals surface area contributed by atoms with Gasteiger partial charge in [0, 0.05) is 29.9 Å². The van der Waals surface area contributed by atoms with E-state index in [1.54, 1.807) is 6.20 Å². The lowest BCUT2D eigenvalue weighted by Gasteiger charge is -2.15. The molecule has 5 nitrogen and oxygen atoms in total. The first-order valence-corrected chi connectivity index (χ1v) is 7.80. The lowest BCUT2D eigenvalue weighted by atomic mass is 10.1. The zero-order valence-electron chi connectivity index (χ0n) is 12.6. The molecule has 0 spiro atoms. The van der Waals surface area contributed by atoms with Gasteiger partial charge in [0.25, 0.3) is 0 Å². The Kier molecular flexibility index (Phi) is 4.45. The molecule has 1 aliphatic rings. The zero-order chi connectivity index (χ0) is 15.5. The van der Waals surface area contributed by atoms with Crippen molar-refractivity contribution in [2.75, 3.05) is 37.7 Å². The van der Waals surface area contributed by atoms with Gasteiger partial charge in [0.05, 0.1) is 0 Å². The number of aromatic nitrogens is 2. The van der Waals surface area contributed by atoms with Gasteiger partial charge < -0.3 is 16.0 Å². The molecule has 1 aromatic heterocycles. The maximum Gasteiger partial charge on any atom is 0.221 e. The number of hydrogen-bond donors (Lipinski definition) is 2. The minimum absolute atomic E-state index is 0.275. The first-order valence-electron chi connectivity index (χ1n) is 7.42. The average molecular weight is 318 g/mol. The Balaban J connectivity index is 1.82. The number of nitrogens with one attached hydrogen (secondary N) is 1. The van der Waals surface area contributed by atoms with Gasteiger partial charge in [-0.3, -0.25) is 0 Å². The zero-order valence-corrected chi connectivity index (χ0v) is 13.3. The van der Waals surface area contributed by atoms with Crippen molar-refractivity contribution in [1.82, 2.24) is 14.9 Å².